The first-order valence-electron chi connectivity index (χ1n) is 5.57. The van der Waals surface area contributed by atoms with Crippen LogP contribution >= 0.6 is 0 Å². The van der Waals surface area contributed by atoms with E-state index in [1.54, 1.807) is 6.26 Å². The van der Waals surface area contributed by atoms with Gasteiger partial charge < -0.3 is 9.32 Å². The average molecular weight is 200 g/mol. The van der Waals surface area contributed by atoms with Crippen LogP contribution in [0.5, 0.6) is 0 Å². The molecule has 0 N–H and O–H groups in total. The number of nitrogens with zero attached hydrogens (tertiary/aromatic N) is 1. The van der Waals surface area contributed by atoms with E-state index in [0.717, 1.165) is 5.76 Å². The van der Waals surface area contributed by atoms with Crippen molar-refractivity contribution < 1.29 is 4.42 Å². The van der Waals surface area contributed by atoms with Gasteiger partial charge in [-0.2, -0.15) is 0 Å². The van der Waals surface area contributed by atoms with Crippen molar-refractivity contribution in [3.8, 4) is 11.3 Å². The third-order valence-electron chi connectivity index (χ3n) is 3.10. The molecule has 0 atom stereocenters. The molecule has 2 nitrogen and oxygen atoms in total. The summed E-state index contributed by atoms with van der Waals surface area (Å²) in [5, 5.41) is 0. The second-order valence-electron chi connectivity index (χ2n) is 4.09. The summed E-state index contributed by atoms with van der Waals surface area (Å²) in [7, 11) is 0. The van der Waals surface area contributed by atoms with Crippen molar-refractivity contribution in [2.24, 2.45) is 0 Å². The summed E-state index contributed by atoms with van der Waals surface area (Å²) in [4.78, 5) is 2.45. The fourth-order valence-electron chi connectivity index (χ4n) is 2.32. The van der Waals surface area contributed by atoms with Gasteiger partial charge in [0.15, 0.2) is 0 Å². The lowest BCUT2D eigenvalue weighted by atomic mass is 10.1. The Morgan fingerprint density at radius 1 is 1.13 bits per heavy atom. The lowest BCUT2D eigenvalue weighted by Gasteiger charge is -2.30. The summed E-state index contributed by atoms with van der Waals surface area (Å²) >= 11 is 0. The first-order valence-corrected chi connectivity index (χ1v) is 5.57. The molecular weight excluding hydrogens is 186 g/mol. The van der Waals surface area contributed by atoms with E-state index in [4.69, 9.17) is 4.42 Å². The predicted molar refractivity (Wildman–Crippen MR) is 60.2 cm³/mol. The fraction of sp³-hybridized carbons (Fsp3) is 0.385. The predicted octanol–water partition coefficient (Wildman–Crippen LogP) is 3.17. The molecule has 1 radical (unpaired) electrons. The number of hydrogen-bond donors (Lipinski definition) is 0. The molecule has 0 spiro atoms. The molecule has 0 amide bonds. The molecule has 0 aromatic carbocycles. The highest BCUT2D eigenvalue weighted by molar-refractivity contribution is 5.76. The van der Waals surface area contributed by atoms with Crippen LogP contribution in [0.3, 0.4) is 0 Å². The van der Waals surface area contributed by atoms with E-state index < -0.39 is 0 Å². The van der Waals surface area contributed by atoms with Gasteiger partial charge in [-0.3, -0.25) is 0 Å². The average Bonchev–Trinajstić information content (AvgIpc) is 2.78. The summed E-state index contributed by atoms with van der Waals surface area (Å²) in [6.45, 7) is 2.34. The van der Waals surface area contributed by atoms with E-state index in [1.807, 2.05) is 12.1 Å². The zero-order valence-electron chi connectivity index (χ0n) is 8.70. The standard InChI is InChI=1S/C13H14NO/c1-2-8-14(9-3-1)12-7-10-15-13-6-4-5-11(12)13/h5-7,10H,1-3,8-9H2. The Kier molecular flexibility index (Phi) is 2.13. The molecule has 2 heteroatoms. The highest BCUT2D eigenvalue weighted by atomic mass is 16.3. The molecule has 3 rings (SSSR count). The smallest absolute Gasteiger partial charge is 0.136 e. The highest BCUT2D eigenvalue weighted by Gasteiger charge is 2.17. The molecule has 2 heterocycles. The van der Waals surface area contributed by atoms with Crippen LogP contribution in [0.4, 0.5) is 5.69 Å². The van der Waals surface area contributed by atoms with E-state index in [2.05, 4.69) is 17.0 Å². The molecule has 1 fully saturated rings. The zero-order chi connectivity index (χ0) is 10.1. The maximum atomic E-state index is 5.43. The minimum Gasteiger partial charge on any atom is -0.464 e. The number of anilines is 1. The topological polar surface area (TPSA) is 16.4 Å². The van der Waals surface area contributed by atoms with Crippen molar-refractivity contribution in [2.45, 2.75) is 19.3 Å². The van der Waals surface area contributed by atoms with E-state index in [-0.39, 0.29) is 0 Å². The van der Waals surface area contributed by atoms with Gasteiger partial charge in [-0.1, -0.05) is 0 Å². The second kappa shape index (κ2) is 3.61. The largest absolute Gasteiger partial charge is 0.464 e. The number of hydrogen-bond acceptors (Lipinski definition) is 2. The summed E-state index contributed by atoms with van der Waals surface area (Å²) in [6, 6.07) is 9.09. The zero-order valence-corrected chi connectivity index (χ0v) is 8.70. The Hall–Kier alpha value is -1.44. The quantitative estimate of drug-likeness (QED) is 0.703. The van der Waals surface area contributed by atoms with Crippen molar-refractivity contribution >= 4 is 5.69 Å². The summed E-state index contributed by atoms with van der Waals surface area (Å²) < 4.78 is 5.43. The molecule has 77 valence electrons. The van der Waals surface area contributed by atoms with Crippen LogP contribution < -0.4 is 4.90 Å². The van der Waals surface area contributed by atoms with Crippen LogP contribution in [0.2, 0.25) is 0 Å². The molecular formula is C13H14NO. The molecule has 15 heavy (non-hydrogen) atoms. The lowest BCUT2D eigenvalue weighted by molar-refractivity contribution is 0.555. The van der Waals surface area contributed by atoms with Gasteiger partial charge in [0, 0.05) is 18.7 Å². The Balaban J connectivity index is 1.99. The minimum atomic E-state index is 0.943. The van der Waals surface area contributed by atoms with Gasteiger partial charge in [0.2, 0.25) is 0 Å². The Labute approximate surface area is 89.8 Å². The molecule has 1 aliphatic carbocycles. The Morgan fingerprint density at radius 3 is 2.87 bits per heavy atom. The lowest BCUT2D eigenvalue weighted by Crippen LogP contribution is -2.29. The van der Waals surface area contributed by atoms with E-state index >= 15 is 0 Å². The van der Waals surface area contributed by atoms with Gasteiger partial charge in [0.1, 0.15) is 5.76 Å². The molecule has 0 bridgehead atoms. The van der Waals surface area contributed by atoms with E-state index in [1.165, 1.54) is 43.6 Å². The maximum Gasteiger partial charge on any atom is 0.136 e. The Bertz CT molecular complexity index is 415. The number of rotatable bonds is 1. The molecule has 0 unspecified atom stereocenters. The molecule has 0 aromatic heterocycles. The first-order chi connectivity index (χ1) is 7.45. The SMILES string of the molecule is [c]1cc2occc(N3CCCCC3)c-2c1. The van der Waals surface area contributed by atoms with Gasteiger partial charge in [-0.25, -0.2) is 0 Å². The van der Waals surface area contributed by atoms with Gasteiger partial charge in [0.25, 0.3) is 0 Å². The van der Waals surface area contributed by atoms with Crippen LogP contribution in [0, 0.1) is 6.07 Å². The van der Waals surface area contributed by atoms with Crippen molar-refractivity contribution in [1.29, 1.82) is 0 Å². The van der Waals surface area contributed by atoms with Crippen molar-refractivity contribution in [2.75, 3.05) is 18.0 Å². The molecule has 0 saturated carbocycles. The van der Waals surface area contributed by atoms with Crippen LogP contribution in [0.25, 0.3) is 11.3 Å². The summed E-state index contributed by atoms with van der Waals surface area (Å²) in [6.07, 6.45) is 5.75. The van der Waals surface area contributed by atoms with E-state index in [9.17, 15) is 0 Å². The normalized spacial score (nSPS) is 17.2. The summed E-state index contributed by atoms with van der Waals surface area (Å²) in [5.74, 6) is 0.943. The third kappa shape index (κ3) is 1.50. The molecule has 0 aromatic rings. The van der Waals surface area contributed by atoms with Crippen molar-refractivity contribution in [3.63, 3.8) is 0 Å². The summed E-state index contributed by atoms with van der Waals surface area (Å²) in [5.41, 5.74) is 2.50. The maximum absolute atomic E-state index is 5.43. The number of piperidine rings is 1. The molecule has 1 saturated heterocycles. The Morgan fingerprint density at radius 2 is 2.00 bits per heavy atom. The third-order valence-corrected chi connectivity index (χ3v) is 3.10. The van der Waals surface area contributed by atoms with Gasteiger partial charge in [-0.15, -0.1) is 0 Å². The molecule has 2 aliphatic heterocycles. The van der Waals surface area contributed by atoms with Crippen LogP contribution in [-0.2, 0) is 0 Å². The monoisotopic (exact) mass is 200 g/mol. The molecule has 3 aliphatic rings. The minimum absolute atomic E-state index is 0.943. The van der Waals surface area contributed by atoms with Gasteiger partial charge >= 0.3 is 0 Å². The van der Waals surface area contributed by atoms with Crippen LogP contribution in [0.1, 0.15) is 19.3 Å². The van der Waals surface area contributed by atoms with Gasteiger partial charge in [0.05, 0.1) is 12.0 Å². The number of fused-ring (bicyclic) bond motifs is 1. The van der Waals surface area contributed by atoms with Crippen molar-refractivity contribution in [1.82, 2.24) is 0 Å². The highest BCUT2D eigenvalue weighted by Crippen LogP contribution is 2.34. The van der Waals surface area contributed by atoms with Crippen molar-refractivity contribution in [3.05, 3.63) is 30.5 Å². The van der Waals surface area contributed by atoms with Crippen LogP contribution in [0.15, 0.2) is 28.9 Å². The van der Waals surface area contributed by atoms with E-state index in [0.29, 0.717) is 0 Å². The van der Waals surface area contributed by atoms with Crippen LogP contribution in [-0.4, -0.2) is 13.1 Å². The van der Waals surface area contributed by atoms with Gasteiger partial charge in [-0.05, 0) is 43.5 Å². The fourth-order valence-corrected chi connectivity index (χ4v) is 2.32. The first kappa shape index (κ1) is 8.84. The second-order valence-corrected chi connectivity index (χ2v) is 4.09.